The molecule has 0 saturated heterocycles. The summed E-state index contributed by atoms with van der Waals surface area (Å²) in [5, 5.41) is 0. The maximum absolute atomic E-state index is 11.4. The third kappa shape index (κ3) is 2.37. The van der Waals surface area contributed by atoms with E-state index >= 15 is 0 Å². The van der Waals surface area contributed by atoms with Crippen LogP contribution in [0.5, 0.6) is 0 Å². The number of esters is 1. The van der Waals surface area contributed by atoms with Crippen LogP contribution in [0.15, 0.2) is 42.7 Å². The quantitative estimate of drug-likeness (QED) is 0.689. The molecule has 0 radical (unpaired) electrons. The van der Waals surface area contributed by atoms with Crippen molar-refractivity contribution in [2.24, 2.45) is 0 Å². The van der Waals surface area contributed by atoms with Gasteiger partial charge in [0, 0.05) is 18.8 Å². The molecule has 0 aliphatic heterocycles. The Labute approximate surface area is 114 Å². The molecule has 0 aliphatic carbocycles. The van der Waals surface area contributed by atoms with Crippen LogP contribution < -0.4 is 0 Å². The molecule has 0 unspecified atom stereocenters. The zero-order valence-corrected chi connectivity index (χ0v) is 11.2. The summed E-state index contributed by atoms with van der Waals surface area (Å²) in [6.45, 7) is 0. The molecule has 3 rings (SSSR count). The van der Waals surface area contributed by atoms with E-state index in [0.717, 1.165) is 17.1 Å². The Morgan fingerprint density at radius 1 is 1.32 bits per heavy atom. The standard InChI is InChI=1S/C14H12N2O2S/c1-18-13(17)12-9-16-8-11(15-14(16)19-12)7-10-5-3-2-4-6-10/h2-6,8-9H,7H2,1H3. The van der Waals surface area contributed by atoms with Gasteiger partial charge in [-0.3, -0.25) is 4.40 Å². The van der Waals surface area contributed by atoms with Gasteiger partial charge in [-0.25, -0.2) is 9.78 Å². The minimum Gasteiger partial charge on any atom is -0.465 e. The first kappa shape index (κ1) is 11.9. The van der Waals surface area contributed by atoms with E-state index in [1.165, 1.54) is 24.0 Å². The second-order valence-corrected chi connectivity index (χ2v) is 5.18. The molecule has 0 spiro atoms. The highest BCUT2D eigenvalue weighted by molar-refractivity contribution is 7.18. The van der Waals surface area contributed by atoms with E-state index < -0.39 is 0 Å². The van der Waals surface area contributed by atoms with Crippen LogP contribution >= 0.6 is 11.3 Å². The Morgan fingerprint density at radius 3 is 2.79 bits per heavy atom. The first-order chi connectivity index (χ1) is 9.26. The Bertz CT molecular complexity index is 684. The molecule has 5 heteroatoms. The number of fused-ring (bicyclic) bond motifs is 1. The molecule has 3 aromatic rings. The number of carbonyl (C=O) groups excluding carboxylic acids is 1. The Kier molecular flexibility index (Phi) is 3.05. The number of hydrogen-bond acceptors (Lipinski definition) is 4. The normalized spacial score (nSPS) is 10.8. The van der Waals surface area contributed by atoms with Crippen molar-refractivity contribution in [3.8, 4) is 0 Å². The molecule has 2 heterocycles. The summed E-state index contributed by atoms with van der Waals surface area (Å²) in [7, 11) is 1.38. The van der Waals surface area contributed by atoms with Gasteiger partial charge in [-0.05, 0) is 5.56 Å². The van der Waals surface area contributed by atoms with Crippen LogP contribution in [0.1, 0.15) is 20.9 Å². The highest BCUT2D eigenvalue weighted by Gasteiger charge is 2.12. The first-order valence-corrected chi connectivity index (χ1v) is 6.67. The van der Waals surface area contributed by atoms with E-state index in [-0.39, 0.29) is 5.97 Å². The summed E-state index contributed by atoms with van der Waals surface area (Å²) >= 11 is 1.34. The van der Waals surface area contributed by atoms with Crippen LogP contribution in [0, 0.1) is 0 Å². The van der Waals surface area contributed by atoms with E-state index in [1.807, 2.05) is 28.8 Å². The number of hydrogen-bond donors (Lipinski definition) is 0. The van der Waals surface area contributed by atoms with Gasteiger partial charge >= 0.3 is 5.97 Å². The molecule has 96 valence electrons. The Morgan fingerprint density at radius 2 is 2.11 bits per heavy atom. The van der Waals surface area contributed by atoms with Gasteiger partial charge in [0.2, 0.25) is 0 Å². The molecule has 1 aromatic carbocycles. The fourth-order valence-electron chi connectivity index (χ4n) is 1.93. The molecule has 0 amide bonds. The monoisotopic (exact) mass is 272 g/mol. The lowest BCUT2D eigenvalue weighted by atomic mass is 10.1. The van der Waals surface area contributed by atoms with E-state index in [4.69, 9.17) is 4.74 Å². The fourth-order valence-corrected chi connectivity index (χ4v) is 2.83. The third-order valence-electron chi connectivity index (χ3n) is 2.82. The number of rotatable bonds is 3. The van der Waals surface area contributed by atoms with Crippen molar-refractivity contribution in [3.05, 3.63) is 58.9 Å². The Hall–Kier alpha value is -2.14. The maximum Gasteiger partial charge on any atom is 0.349 e. The molecular formula is C14H12N2O2S. The predicted octanol–water partition coefficient (Wildman–Crippen LogP) is 2.77. The van der Waals surface area contributed by atoms with E-state index in [0.29, 0.717) is 4.88 Å². The minimum atomic E-state index is -0.319. The minimum absolute atomic E-state index is 0.319. The summed E-state index contributed by atoms with van der Waals surface area (Å²) in [5.74, 6) is -0.319. The molecular weight excluding hydrogens is 260 g/mol. The summed E-state index contributed by atoms with van der Waals surface area (Å²) in [5.41, 5.74) is 2.22. The topological polar surface area (TPSA) is 43.6 Å². The van der Waals surface area contributed by atoms with Gasteiger partial charge in [0.25, 0.3) is 0 Å². The number of ether oxygens (including phenoxy) is 1. The third-order valence-corrected chi connectivity index (χ3v) is 3.80. The van der Waals surface area contributed by atoms with Crippen molar-refractivity contribution in [1.82, 2.24) is 9.38 Å². The van der Waals surface area contributed by atoms with Crippen molar-refractivity contribution in [2.45, 2.75) is 6.42 Å². The first-order valence-electron chi connectivity index (χ1n) is 5.86. The molecule has 0 aliphatic rings. The van der Waals surface area contributed by atoms with Gasteiger partial charge in [-0.2, -0.15) is 0 Å². The van der Waals surface area contributed by atoms with Gasteiger partial charge < -0.3 is 4.74 Å². The van der Waals surface area contributed by atoms with E-state index in [1.54, 1.807) is 6.20 Å². The zero-order valence-electron chi connectivity index (χ0n) is 10.4. The van der Waals surface area contributed by atoms with Gasteiger partial charge in [0.05, 0.1) is 12.8 Å². The number of thiazole rings is 1. The maximum atomic E-state index is 11.4. The summed E-state index contributed by atoms with van der Waals surface area (Å²) in [6.07, 6.45) is 4.50. The number of aromatic nitrogens is 2. The van der Waals surface area contributed by atoms with Crippen molar-refractivity contribution in [1.29, 1.82) is 0 Å². The summed E-state index contributed by atoms with van der Waals surface area (Å²) < 4.78 is 6.56. The van der Waals surface area contributed by atoms with Crippen LogP contribution in [-0.2, 0) is 11.2 Å². The van der Waals surface area contributed by atoms with Crippen LogP contribution in [0.4, 0.5) is 0 Å². The average molecular weight is 272 g/mol. The molecule has 4 nitrogen and oxygen atoms in total. The second kappa shape index (κ2) is 4.85. The Balaban J connectivity index is 1.87. The second-order valence-electron chi connectivity index (χ2n) is 4.17. The molecule has 19 heavy (non-hydrogen) atoms. The van der Waals surface area contributed by atoms with Gasteiger partial charge in [0.1, 0.15) is 4.88 Å². The van der Waals surface area contributed by atoms with Crippen molar-refractivity contribution in [3.63, 3.8) is 0 Å². The van der Waals surface area contributed by atoms with Crippen molar-refractivity contribution < 1.29 is 9.53 Å². The number of nitrogens with zero attached hydrogens (tertiary/aromatic N) is 2. The SMILES string of the molecule is COC(=O)c1cn2cc(Cc3ccccc3)nc2s1. The van der Waals surface area contributed by atoms with Crippen LogP contribution in [0.25, 0.3) is 4.96 Å². The number of carbonyl (C=O) groups is 1. The number of benzene rings is 1. The molecule has 2 aromatic heterocycles. The van der Waals surface area contributed by atoms with Crippen molar-refractivity contribution in [2.75, 3.05) is 7.11 Å². The largest absolute Gasteiger partial charge is 0.465 e. The lowest BCUT2D eigenvalue weighted by molar-refractivity contribution is 0.0606. The summed E-state index contributed by atoms with van der Waals surface area (Å²) in [4.78, 5) is 17.3. The summed E-state index contributed by atoms with van der Waals surface area (Å²) in [6, 6.07) is 10.2. The number of imidazole rings is 1. The fraction of sp³-hybridized carbons (Fsp3) is 0.143. The van der Waals surface area contributed by atoms with Crippen LogP contribution in [0.3, 0.4) is 0 Å². The van der Waals surface area contributed by atoms with Gasteiger partial charge in [0.15, 0.2) is 4.96 Å². The molecule has 0 bridgehead atoms. The van der Waals surface area contributed by atoms with E-state index in [9.17, 15) is 4.79 Å². The smallest absolute Gasteiger partial charge is 0.349 e. The van der Waals surface area contributed by atoms with Crippen LogP contribution in [-0.4, -0.2) is 22.5 Å². The van der Waals surface area contributed by atoms with Gasteiger partial charge in [-0.15, -0.1) is 0 Å². The van der Waals surface area contributed by atoms with E-state index in [2.05, 4.69) is 17.1 Å². The van der Waals surface area contributed by atoms with Crippen LogP contribution in [0.2, 0.25) is 0 Å². The highest BCUT2D eigenvalue weighted by Crippen LogP contribution is 2.19. The zero-order chi connectivity index (χ0) is 13.2. The number of methoxy groups -OCH3 is 1. The molecule has 0 saturated carbocycles. The average Bonchev–Trinajstić information content (AvgIpc) is 2.97. The molecule has 0 atom stereocenters. The lowest BCUT2D eigenvalue weighted by Gasteiger charge is -1.96. The van der Waals surface area contributed by atoms with Crippen molar-refractivity contribution >= 4 is 22.3 Å². The molecule has 0 N–H and O–H groups in total. The molecule has 0 fully saturated rings. The predicted molar refractivity (Wildman–Crippen MR) is 73.7 cm³/mol. The highest BCUT2D eigenvalue weighted by atomic mass is 32.1. The van der Waals surface area contributed by atoms with Gasteiger partial charge in [-0.1, -0.05) is 41.7 Å². The lowest BCUT2D eigenvalue weighted by Crippen LogP contribution is -1.97.